The molecule has 1 saturated heterocycles. The van der Waals surface area contributed by atoms with Gasteiger partial charge in [0.15, 0.2) is 5.70 Å². The van der Waals surface area contributed by atoms with Gasteiger partial charge in [0.1, 0.15) is 35.2 Å². The molecule has 0 radical (unpaired) electrons. The zero-order valence-corrected chi connectivity index (χ0v) is 37.9. The van der Waals surface area contributed by atoms with Crippen LogP contribution in [0.2, 0.25) is 0 Å². The predicted molar refractivity (Wildman–Crippen MR) is 240 cm³/mol. The first-order valence-electron chi connectivity index (χ1n) is 25.1. The van der Waals surface area contributed by atoms with Gasteiger partial charge in [0, 0.05) is 37.2 Å². The number of hydrogen-bond donors (Lipinski definition) is 4. The molecule has 8 heteroatoms. The smallest absolute Gasteiger partial charge is 0.183 e. The van der Waals surface area contributed by atoms with Gasteiger partial charge in [-0.25, -0.2) is 0 Å². The van der Waals surface area contributed by atoms with Crippen LogP contribution < -0.4 is 11.1 Å². The molecule has 0 spiro atoms. The second-order valence-electron chi connectivity index (χ2n) is 21.5. The van der Waals surface area contributed by atoms with Crippen LogP contribution in [0.4, 0.5) is 0 Å². The van der Waals surface area contributed by atoms with Crippen molar-refractivity contribution in [2.45, 2.75) is 193 Å². The summed E-state index contributed by atoms with van der Waals surface area (Å²) in [5.74, 6) is 11.3. The Morgan fingerprint density at radius 3 is 2.42 bits per heavy atom. The van der Waals surface area contributed by atoms with E-state index in [1.807, 2.05) is 6.21 Å². The number of aliphatic hydroxyl groups excluding tert-OH is 2. The normalized spacial score (nSPS) is 38.0. The lowest BCUT2D eigenvalue weighted by Crippen LogP contribution is -2.46. The monoisotopic (exact) mass is 829 g/mol. The van der Waals surface area contributed by atoms with Gasteiger partial charge in [-0.1, -0.05) is 63.7 Å². The molecule has 0 aromatic rings. The summed E-state index contributed by atoms with van der Waals surface area (Å²) in [6.07, 6.45) is 24.3. The molecule has 334 valence electrons. The number of hydrogen-bond acceptors (Lipinski definition) is 8. The predicted octanol–water partition coefficient (Wildman–Crippen LogP) is 9.16. The summed E-state index contributed by atoms with van der Waals surface area (Å²) in [7, 11) is 1.69. The van der Waals surface area contributed by atoms with Crippen LogP contribution in [0.25, 0.3) is 0 Å². The number of allylic oxidation sites excluding steroid dienone is 1. The maximum absolute atomic E-state index is 14.9. The Kier molecular flexibility index (Phi) is 16.2. The van der Waals surface area contributed by atoms with Crippen molar-refractivity contribution in [3.05, 3.63) is 17.7 Å². The van der Waals surface area contributed by atoms with Gasteiger partial charge in [0.2, 0.25) is 0 Å². The maximum Gasteiger partial charge on any atom is 0.183 e. The lowest BCUT2D eigenvalue weighted by molar-refractivity contribution is -0.131. The Balaban J connectivity index is 1.28. The van der Waals surface area contributed by atoms with Crippen LogP contribution in [0, 0.1) is 88.3 Å². The van der Waals surface area contributed by atoms with E-state index >= 15 is 0 Å². The maximum atomic E-state index is 14.9. The van der Waals surface area contributed by atoms with E-state index in [-0.39, 0.29) is 71.7 Å². The van der Waals surface area contributed by atoms with E-state index in [0.717, 1.165) is 109 Å². The molecule has 8 nitrogen and oxygen atoms in total. The summed E-state index contributed by atoms with van der Waals surface area (Å²) >= 11 is 0. The number of nitrogens with two attached hydrogens (primary N) is 1. The van der Waals surface area contributed by atoms with E-state index in [1.165, 1.54) is 31.6 Å². The molecule has 0 bridgehead atoms. The third kappa shape index (κ3) is 10.7. The second-order valence-corrected chi connectivity index (χ2v) is 21.5. The third-order valence-electron chi connectivity index (χ3n) is 17.3. The molecule has 0 amide bonds. The molecule has 5 fully saturated rings. The first kappa shape index (κ1) is 46.0. The van der Waals surface area contributed by atoms with Crippen molar-refractivity contribution < 1.29 is 24.5 Å². The number of ketones is 2. The van der Waals surface area contributed by atoms with E-state index in [4.69, 9.17) is 15.5 Å². The quantitative estimate of drug-likeness (QED) is 0.0928. The summed E-state index contributed by atoms with van der Waals surface area (Å²) in [4.78, 5) is 33.9. The molecule has 2 heterocycles. The van der Waals surface area contributed by atoms with Gasteiger partial charge in [-0.2, -0.15) is 0 Å². The Hall–Kier alpha value is -2.02. The molecule has 13 atom stereocenters. The summed E-state index contributed by atoms with van der Waals surface area (Å²) < 4.78 is 5.80. The number of piperidine rings is 1. The SMILES string of the molecule is CCCC(C1CC(CC2CCNC(N)C2)CC2C#CC(C3CCCCC3)C3CC(O)C(OC)CC3CCC(=O)CC(=O)C2C1)C(O)C1(C2=C[C+](C(C)C)C=N2)CCCCC1. The summed E-state index contributed by atoms with van der Waals surface area (Å²) in [6, 6.07) is 0. The number of aliphatic imine (C=N–C) groups is 1. The number of carbonyl (C=O) groups is 2. The molecule has 4 saturated carbocycles. The molecule has 60 heavy (non-hydrogen) atoms. The second kappa shape index (κ2) is 21.1. The zero-order chi connectivity index (χ0) is 42.4. The van der Waals surface area contributed by atoms with Gasteiger partial charge in [0.25, 0.3) is 0 Å². The van der Waals surface area contributed by atoms with E-state index in [1.54, 1.807) is 7.11 Å². The molecule has 5 aliphatic carbocycles. The fourth-order valence-electron chi connectivity index (χ4n) is 14.0. The molecular formula is C52H82N3O5+. The number of carbonyl (C=O) groups excluding carboxylic acids is 2. The van der Waals surface area contributed by atoms with Crippen LogP contribution in [0.3, 0.4) is 0 Å². The summed E-state index contributed by atoms with van der Waals surface area (Å²) in [5, 5.41) is 28.0. The summed E-state index contributed by atoms with van der Waals surface area (Å²) in [6.45, 7) is 7.63. The first-order chi connectivity index (χ1) is 29.0. The molecule has 13 unspecified atom stereocenters. The first-order valence-corrected chi connectivity index (χ1v) is 25.1. The largest absolute Gasteiger partial charge is 0.390 e. The van der Waals surface area contributed by atoms with Gasteiger partial charge in [-0.15, -0.1) is 4.99 Å². The Morgan fingerprint density at radius 1 is 0.950 bits per heavy atom. The highest BCUT2D eigenvalue weighted by Crippen LogP contribution is 2.54. The highest BCUT2D eigenvalue weighted by molar-refractivity contribution is 6.00. The molecule has 7 aliphatic rings. The molecule has 2 aliphatic heterocycles. The van der Waals surface area contributed by atoms with Gasteiger partial charge in [-0.05, 0) is 152 Å². The third-order valence-corrected chi connectivity index (χ3v) is 17.3. The van der Waals surface area contributed by atoms with E-state index < -0.39 is 17.6 Å². The Bertz CT molecular complexity index is 1550. The van der Waals surface area contributed by atoms with Crippen LogP contribution in [-0.2, 0) is 14.3 Å². The number of rotatable bonds is 11. The van der Waals surface area contributed by atoms with Crippen LogP contribution in [0.15, 0.2) is 16.8 Å². The number of ether oxygens (including phenoxy) is 1. The minimum atomic E-state index is -0.558. The number of fused-ring (bicyclic) bond motifs is 2. The fourth-order valence-corrected chi connectivity index (χ4v) is 14.0. The summed E-state index contributed by atoms with van der Waals surface area (Å²) in [5.41, 5.74) is 7.19. The minimum absolute atomic E-state index is 0.00754. The van der Waals surface area contributed by atoms with E-state index in [2.05, 4.69) is 44.0 Å². The number of Topliss-reactive ketones (excluding diaryl/α,β-unsaturated/α-hetero) is 2. The number of methoxy groups -OCH3 is 1. The van der Waals surface area contributed by atoms with E-state index in [0.29, 0.717) is 42.9 Å². The lowest BCUT2D eigenvalue weighted by atomic mass is 9.61. The lowest BCUT2D eigenvalue weighted by Gasteiger charge is -2.44. The number of nitrogens with one attached hydrogen (secondary N) is 1. The molecular weight excluding hydrogens is 747 g/mol. The van der Waals surface area contributed by atoms with Crippen molar-refractivity contribution in [1.82, 2.24) is 5.32 Å². The van der Waals surface area contributed by atoms with Crippen molar-refractivity contribution in [2.24, 2.45) is 81.2 Å². The minimum Gasteiger partial charge on any atom is -0.390 e. The molecule has 0 aromatic carbocycles. The highest BCUT2D eigenvalue weighted by atomic mass is 16.5. The van der Waals surface area contributed by atoms with Crippen molar-refractivity contribution in [2.75, 3.05) is 13.7 Å². The molecule has 0 aromatic heterocycles. The fraction of sp³-hybridized carbons (Fsp3) is 0.846. The Morgan fingerprint density at radius 2 is 1.72 bits per heavy atom. The molecule has 7 rings (SSSR count). The average Bonchev–Trinajstić information content (AvgIpc) is 3.69. The van der Waals surface area contributed by atoms with Crippen LogP contribution in [-0.4, -0.2) is 66.1 Å². The van der Waals surface area contributed by atoms with Crippen molar-refractivity contribution >= 4 is 17.8 Å². The highest BCUT2D eigenvalue weighted by Gasteiger charge is 2.54. The standard InChI is InChI=1S/C52H82N3O5/c1-5-12-43(51(59)52(20-10-7-11-21-52)49-29-40(32-55-49)33(2)3)39-25-35(23-34-19-22-54-50(53)26-34)24-37-16-18-42(36-13-8-6-9-14-36)44-31-47(58)48(60-4)28-38(44)15-17-41(56)30-46(57)45(37)27-39/h29,32-39,42-45,47-48,50-51,54,58-59H,5-15,17,19-28,30-31,53H2,1-4H3/q+1. The average molecular weight is 829 g/mol. The zero-order valence-electron chi connectivity index (χ0n) is 37.9. The van der Waals surface area contributed by atoms with Gasteiger partial charge < -0.3 is 26.0 Å². The van der Waals surface area contributed by atoms with Crippen molar-refractivity contribution in [1.29, 1.82) is 0 Å². The topological polar surface area (TPSA) is 134 Å². The van der Waals surface area contributed by atoms with Crippen LogP contribution in [0.1, 0.15) is 168 Å². The van der Waals surface area contributed by atoms with Gasteiger partial charge >= 0.3 is 0 Å². The van der Waals surface area contributed by atoms with Gasteiger partial charge in [-0.3, -0.25) is 9.59 Å². The Labute approximate surface area is 363 Å². The van der Waals surface area contributed by atoms with Crippen molar-refractivity contribution in [3.8, 4) is 11.8 Å². The van der Waals surface area contributed by atoms with Gasteiger partial charge in [0.05, 0.1) is 30.9 Å². The number of aliphatic hydroxyl groups is 2. The van der Waals surface area contributed by atoms with E-state index in [9.17, 15) is 19.8 Å². The number of nitrogens with zero attached hydrogens (tertiary/aromatic N) is 1. The van der Waals surface area contributed by atoms with Crippen molar-refractivity contribution in [3.63, 3.8) is 0 Å². The molecule has 5 N–H and O–H groups in total. The van der Waals surface area contributed by atoms with Crippen LogP contribution >= 0.6 is 0 Å². The van der Waals surface area contributed by atoms with Crippen LogP contribution in [0.5, 0.6) is 0 Å².